The van der Waals surface area contributed by atoms with E-state index in [1.54, 1.807) is 23.1 Å². The Hall–Kier alpha value is -3.53. The summed E-state index contributed by atoms with van der Waals surface area (Å²) in [5.74, 6) is -2.15. The van der Waals surface area contributed by atoms with E-state index in [1.165, 1.54) is 0 Å². The highest BCUT2D eigenvalue weighted by molar-refractivity contribution is 6.07. The van der Waals surface area contributed by atoms with Crippen LogP contribution in [0.4, 0.5) is 20.2 Å². The van der Waals surface area contributed by atoms with Crippen LogP contribution in [0.2, 0.25) is 0 Å². The van der Waals surface area contributed by atoms with Gasteiger partial charge in [-0.25, -0.2) is 8.78 Å². The third-order valence-electron chi connectivity index (χ3n) is 6.88. The molecular formula is C26H29F2N5O3. The number of hydrogen-bond acceptors (Lipinski definition) is 5. The number of amides is 3. The van der Waals surface area contributed by atoms with Crippen molar-refractivity contribution in [1.82, 2.24) is 15.1 Å². The van der Waals surface area contributed by atoms with E-state index in [2.05, 4.69) is 15.5 Å². The van der Waals surface area contributed by atoms with Crippen molar-refractivity contribution in [1.29, 1.82) is 0 Å². The predicted molar refractivity (Wildman–Crippen MR) is 131 cm³/mol. The Morgan fingerprint density at radius 3 is 2.11 bits per heavy atom. The molecule has 3 fully saturated rings. The molecule has 5 rings (SSSR count). The summed E-state index contributed by atoms with van der Waals surface area (Å²) in [5.41, 5.74) is 1.34. The number of carbonyl (C=O) groups is 3. The van der Waals surface area contributed by atoms with Gasteiger partial charge in [-0.3, -0.25) is 14.4 Å². The van der Waals surface area contributed by atoms with E-state index in [1.807, 2.05) is 4.90 Å². The number of carbonyl (C=O) groups excluding carboxylic acids is 3. The van der Waals surface area contributed by atoms with Crippen LogP contribution in [-0.4, -0.2) is 79.9 Å². The van der Waals surface area contributed by atoms with Crippen LogP contribution in [0.15, 0.2) is 36.4 Å². The number of rotatable bonds is 5. The SMILES string of the molecule is O=C(Nc1cc(C(=O)N2CCNCC2)ccc1N1CCN(C(=O)C2CC2)CC1)c1cc(F)cc(F)c1. The van der Waals surface area contributed by atoms with Crippen LogP contribution in [0.25, 0.3) is 0 Å². The van der Waals surface area contributed by atoms with Crippen molar-refractivity contribution in [2.75, 3.05) is 62.6 Å². The third-order valence-corrected chi connectivity index (χ3v) is 6.88. The smallest absolute Gasteiger partial charge is 0.255 e. The maximum Gasteiger partial charge on any atom is 0.255 e. The summed E-state index contributed by atoms with van der Waals surface area (Å²) in [5, 5.41) is 5.97. The van der Waals surface area contributed by atoms with Gasteiger partial charge in [0.05, 0.1) is 11.4 Å². The lowest BCUT2D eigenvalue weighted by Gasteiger charge is -2.37. The van der Waals surface area contributed by atoms with Crippen molar-refractivity contribution in [3.05, 3.63) is 59.2 Å². The molecule has 0 spiro atoms. The molecule has 190 valence electrons. The summed E-state index contributed by atoms with van der Waals surface area (Å²) in [7, 11) is 0. The first-order chi connectivity index (χ1) is 17.4. The van der Waals surface area contributed by atoms with E-state index in [0.717, 1.165) is 25.0 Å². The van der Waals surface area contributed by atoms with Gasteiger partial charge in [-0.2, -0.15) is 0 Å². The standard InChI is InChI=1S/C26H29F2N5O3/c27-20-13-19(14-21(28)16-20)24(34)30-22-15-18(26(36)32-7-5-29-6-8-32)3-4-23(22)31-9-11-33(12-10-31)25(35)17-1-2-17/h3-4,13-17,29H,1-2,5-12H2,(H,30,34). The molecule has 0 atom stereocenters. The quantitative estimate of drug-likeness (QED) is 0.663. The zero-order valence-electron chi connectivity index (χ0n) is 19.9. The zero-order valence-corrected chi connectivity index (χ0v) is 19.9. The van der Waals surface area contributed by atoms with E-state index < -0.39 is 17.5 Å². The van der Waals surface area contributed by atoms with Crippen LogP contribution in [0.3, 0.4) is 0 Å². The molecule has 1 saturated carbocycles. The molecule has 2 aliphatic heterocycles. The first kappa shape index (κ1) is 24.2. The predicted octanol–water partition coefficient (Wildman–Crippen LogP) is 2.32. The highest BCUT2D eigenvalue weighted by Gasteiger charge is 2.35. The summed E-state index contributed by atoms with van der Waals surface area (Å²) in [6, 6.07) is 7.78. The first-order valence-electron chi connectivity index (χ1n) is 12.3. The minimum absolute atomic E-state index is 0.143. The molecule has 0 unspecified atom stereocenters. The number of piperazine rings is 2. The fourth-order valence-corrected chi connectivity index (χ4v) is 4.73. The van der Waals surface area contributed by atoms with E-state index in [9.17, 15) is 23.2 Å². The van der Waals surface area contributed by atoms with Crippen LogP contribution in [0.1, 0.15) is 33.6 Å². The summed E-state index contributed by atoms with van der Waals surface area (Å²) in [6.07, 6.45) is 1.91. The second kappa shape index (κ2) is 10.2. The van der Waals surface area contributed by atoms with Gasteiger partial charge in [0.2, 0.25) is 5.91 Å². The van der Waals surface area contributed by atoms with Crippen molar-refractivity contribution >= 4 is 29.1 Å². The minimum atomic E-state index is -0.848. The lowest BCUT2D eigenvalue weighted by molar-refractivity contribution is -0.132. The largest absolute Gasteiger partial charge is 0.366 e. The molecule has 8 nitrogen and oxygen atoms in total. The van der Waals surface area contributed by atoms with Crippen LogP contribution < -0.4 is 15.5 Å². The lowest BCUT2D eigenvalue weighted by Crippen LogP contribution is -2.49. The van der Waals surface area contributed by atoms with Crippen molar-refractivity contribution in [3.8, 4) is 0 Å². The van der Waals surface area contributed by atoms with E-state index in [-0.39, 0.29) is 23.3 Å². The number of halogens is 2. The molecule has 0 bridgehead atoms. The topological polar surface area (TPSA) is 85.0 Å². The van der Waals surface area contributed by atoms with Crippen molar-refractivity contribution in [2.45, 2.75) is 12.8 Å². The summed E-state index contributed by atoms with van der Waals surface area (Å²) in [4.78, 5) is 44.2. The number of nitrogens with one attached hydrogen (secondary N) is 2. The maximum absolute atomic E-state index is 13.7. The number of hydrogen-bond donors (Lipinski definition) is 2. The second-order valence-electron chi connectivity index (χ2n) is 9.47. The van der Waals surface area contributed by atoms with Crippen molar-refractivity contribution in [2.24, 2.45) is 5.92 Å². The monoisotopic (exact) mass is 497 g/mol. The minimum Gasteiger partial charge on any atom is -0.366 e. The van der Waals surface area contributed by atoms with Gasteiger partial charge in [-0.05, 0) is 43.2 Å². The van der Waals surface area contributed by atoms with Gasteiger partial charge < -0.3 is 25.3 Å². The molecule has 0 radical (unpaired) electrons. The van der Waals surface area contributed by atoms with E-state index >= 15 is 0 Å². The molecule has 2 aromatic rings. The van der Waals surface area contributed by atoms with Crippen LogP contribution >= 0.6 is 0 Å². The summed E-state index contributed by atoms with van der Waals surface area (Å²) >= 11 is 0. The van der Waals surface area contributed by atoms with Gasteiger partial charge >= 0.3 is 0 Å². The Kier molecular flexibility index (Phi) is 6.86. The zero-order chi connectivity index (χ0) is 25.2. The molecule has 10 heteroatoms. The van der Waals surface area contributed by atoms with E-state index in [4.69, 9.17) is 0 Å². The van der Waals surface area contributed by atoms with Gasteiger partial charge in [-0.1, -0.05) is 0 Å². The maximum atomic E-state index is 13.7. The molecule has 2 saturated heterocycles. The fraction of sp³-hybridized carbons (Fsp3) is 0.423. The Morgan fingerprint density at radius 1 is 0.806 bits per heavy atom. The second-order valence-corrected chi connectivity index (χ2v) is 9.47. The van der Waals surface area contributed by atoms with Gasteiger partial charge in [0, 0.05) is 75.5 Å². The number of nitrogens with zero attached hydrogens (tertiary/aromatic N) is 3. The molecule has 3 amide bonds. The van der Waals surface area contributed by atoms with Crippen LogP contribution in [0, 0.1) is 17.6 Å². The molecule has 3 aliphatic rings. The van der Waals surface area contributed by atoms with Gasteiger partial charge in [-0.15, -0.1) is 0 Å². The highest BCUT2D eigenvalue weighted by atomic mass is 19.1. The fourth-order valence-electron chi connectivity index (χ4n) is 4.73. The molecular weight excluding hydrogens is 468 g/mol. The molecule has 0 aromatic heterocycles. The normalized spacial score (nSPS) is 18.2. The Balaban J connectivity index is 1.39. The Labute approximate surface area is 208 Å². The number of benzene rings is 2. The average molecular weight is 498 g/mol. The van der Waals surface area contributed by atoms with Gasteiger partial charge in [0.25, 0.3) is 11.8 Å². The van der Waals surface area contributed by atoms with Gasteiger partial charge in [0.15, 0.2) is 0 Å². The average Bonchev–Trinajstić information content (AvgIpc) is 3.73. The highest BCUT2D eigenvalue weighted by Crippen LogP contribution is 2.33. The molecule has 2 aromatic carbocycles. The van der Waals surface area contributed by atoms with Crippen LogP contribution in [0.5, 0.6) is 0 Å². The van der Waals surface area contributed by atoms with Crippen molar-refractivity contribution in [3.63, 3.8) is 0 Å². The summed E-state index contributed by atoms with van der Waals surface area (Å²) in [6.45, 7) is 4.87. The van der Waals surface area contributed by atoms with Crippen LogP contribution in [-0.2, 0) is 4.79 Å². The molecule has 2 heterocycles. The summed E-state index contributed by atoms with van der Waals surface area (Å²) < 4.78 is 27.4. The van der Waals surface area contributed by atoms with E-state index in [0.29, 0.717) is 75.4 Å². The molecule has 1 aliphatic carbocycles. The van der Waals surface area contributed by atoms with Gasteiger partial charge in [0.1, 0.15) is 11.6 Å². The van der Waals surface area contributed by atoms with Crippen molar-refractivity contribution < 1.29 is 23.2 Å². The Morgan fingerprint density at radius 2 is 1.47 bits per heavy atom. The molecule has 2 N–H and O–H groups in total. The molecule has 36 heavy (non-hydrogen) atoms. The lowest BCUT2D eigenvalue weighted by atomic mass is 10.1. The third kappa shape index (κ3) is 5.33. The number of anilines is 2. The Bertz CT molecular complexity index is 1150. The first-order valence-corrected chi connectivity index (χ1v) is 12.3.